The molecule has 0 heterocycles. The Labute approximate surface area is 158 Å². The molecule has 0 atom stereocenters. The number of ketones is 1. The molecule has 3 aromatic rings. The van der Waals surface area contributed by atoms with E-state index in [4.69, 9.17) is 9.47 Å². The van der Waals surface area contributed by atoms with E-state index in [0.717, 1.165) is 5.56 Å². The molecule has 0 aliphatic rings. The molecule has 0 N–H and O–H groups in total. The number of ether oxygens (including phenoxy) is 2. The number of hydrogen-bond acceptors (Lipinski definition) is 4. The Hall–Kier alpha value is -3.24. The van der Waals surface area contributed by atoms with Gasteiger partial charge in [0.1, 0.15) is 6.61 Å². The quantitative estimate of drug-likeness (QED) is 0.342. The lowest BCUT2D eigenvalue weighted by atomic mass is 9.98. The summed E-state index contributed by atoms with van der Waals surface area (Å²) in [6.45, 7) is 0.871. The SMILES string of the molecule is O=C(OCCOCc1ccccc1)c1ccccc1C(=O)c1ccccc1. The van der Waals surface area contributed by atoms with Gasteiger partial charge in [0.05, 0.1) is 18.8 Å². The zero-order valence-corrected chi connectivity index (χ0v) is 14.8. The minimum atomic E-state index is -0.529. The summed E-state index contributed by atoms with van der Waals surface area (Å²) in [5, 5.41) is 0. The molecule has 0 unspecified atom stereocenters. The molecule has 0 aliphatic carbocycles. The molecule has 0 amide bonds. The van der Waals surface area contributed by atoms with Crippen LogP contribution >= 0.6 is 0 Å². The third-order valence-corrected chi connectivity index (χ3v) is 4.00. The second kappa shape index (κ2) is 9.46. The minimum absolute atomic E-state index is 0.125. The third kappa shape index (κ3) is 5.12. The summed E-state index contributed by atoms with van der Waals surface area (Å²) < 4.78 is 10.8. The van der Waals surface area contributed by atoms with E-state index in [-0.39, 0.29) is 24.6 Å². The number of carbonyl (C=O) groups is 2. The van der Waals surface area contributed by atoms with Gasteiger partial charge in [-0.15, -0.1) is 0 Å². The summed E-state index contributed by atoms with van der Waals surface area (Å²) in [7, 11) is 0. The van der Waals surface area contributed by atoms with E-state index in [2.05, 4.69) is 0 Å². The van der Waals surface area contributed by atoms with Crippen LogP contribution in [0.4, 0.5) is 0 Å². The number of benzene rings is 3. The van der Waals surface area contributed by atoms with Gasteiger partial charge < -0.3 is 9.47 Å². The van der Waals surface area contributed by atoms with E-state index in [1.54, 1.807) is 48.5 Å². The average Bonchev–Trinajstić information content (AvgIpc) is 2.74. The fourth-order valence-corrected chi connectivity index (χ4v) is 2.64. The van der Waals surface area contributed by atoms with Crippen molar-refractivity contribution < 1.29 is 19.1 Å². The molecule has 0 aliphatic heterocycles. The maximum absolute atomic E-state index is 12.7. The Bertz CT molecular complexity index is 889. The predicted molar refractivity (Wildman–Crippen MR) is 103 cm³/mol. The molecular formula is C23H20O4. The fourth-order valence-electron chi connectivity index (χ4n) is 2.64. The first kappa shape index (κ1) is 18.5. The highest BCUT2D eigenvalue weighted by atomic mass is 16.6. The van der Waals surface area contributed by atoms with Gasteiger partial charge in [0.15, 0.2) is 5.78 Å². The van der Waals surface area contributed by atoms with Crippen molar-refractivity contribution in [3.05, 3.63) is 107 Å². The molecule has 3 rings (SSSR count). The van der Waals surface area contributed by atoms with Gasteiger partial charge in [-0.1, -0.05) is 78.9 Å². The third-order valence-electron chi connectivity index (χ3n) is 4.00. The summed E-state index contributed by atoms with van der Waals surface area (Å²) in [6, 6.07) is 25.3. The van der Waals surface area contributed by atoms with Crippen LogP contribution in [-0.2, 0) is 16.1 Å². The van der Waals surface area contributed by atoms with E-state index >= 15 is 0 Å². The standard InChI is InChI=1S/C23H20O4/c24-22(19-11-5-2-6-12-19)20-13-7-8-14-21(20)23(25)27-16-15-26-17-18-9-3-1-4-10-18/h1-14H,15-17H2. The van der Waals surface area contributed by atoms with Crippen LogP contribution in [0.2, 0.25) is 0 Å². The van der Waals surface area contributed by atoms with Crippen molar-refractivity contribution in [2.24, 2.45) is 0 Å². The van der Waals surface area contributed by atoms with Crippen molar-refractivity contribution in [2.45, 2.75) is 6.61 Å². The van der Waals surface area contributed by atoms with Gasteiger partial charge >= 0.3 is 5.97 Å². The monoisotopic (exact) mass is 360 g/mol. The lowest BCUT2D eigenvalue weighted by Gasteiger charge is -2.09. The van der Waals surface area contributed by atoms with E-state index in [1.807, 2.05) is 36.4 Å². The Kier molecular flexibility index (Phi) is 6.50. The van der Waals surface area contributed by atoms with Crippen LogP contribution in [0.1, 0.15) is 31.8 Å². The molecule has 136 valence electrons. The smallest absolute Gasteiger partial charge is 0.338 e. The molecule has 0 saturated carbocycles. The van der Waals surface area contributed by atoms with Crippen molar-refractivity contribution in [3.63, 3.8) is 0 Å². The van der Waals surface area contributed by atoms with Gasteiger partial charge in [0.25, 0.3) is 0 Å². The van der Waals surface area contributed by atoms with Gasteiger partial charge in [-0.25, -0.2) is 4.79 Å². The topological polar surface area (TPSA) is 52.6 Å². The lowest BCUT2D eigenvalue weighted by Crippen LogP contribution is -2.15. The Morgan fingerprint density at radius 2 is 1.26 bits per heavy atom. The van der Waals surface area contributed by atoms with Gasteiger partial charge in [-0.3, -0.25) is 4.79 Å². The molecule has 3 aromatic carbocycles. The molecule has 0 bridgehead atoms. The Balaban J connectivity index is 1.56. The van der Waals surface area contributed by atoms with E-state index in [1.165, 1.54) is 0 Å². The van der Waals surface area contributed by atoms with Gasteiger partial charge in [-0.05, 0) is 11.6 Å². The molecule has 0 aromatic heterocycles. The van der Waals surface area contributed by atoms with Gasteiger partial charge in [0, 0.05) is 11.1 Å². The summed E-state index contributed by atoms with van der Waals surface area (Å²) >= 11 is 0. The summed E-state index contributed by atoms with van der Waals surface area (Å²) in [6.07, 6.45) is 0. The fraction of sp³-hybridized carbons (Fsp3) is 0.130. The van der Waals surface area contributed by atoms with Crippen molar-refractivity contribution in [1.82, 2.24) is 0 Å². The zero-order chi connectivity index (χ0) is 18.9. The number of esters is 1. The van der Waals surface area contributed by atoms with Crippen LogP contribution in [0.15, 0.2) is 84.9 Å². The van der Waals surface area contributed by atoms with Gasteiger partial charge in [-0.2, -0.15) is 0 Å². The molecule has 27 heavy (non-hydrogen) atoms. The molecule has 0 fully saturated rings. The molecule has 4 nitrogen and oxygen atoms in total. The van der Waals surface area contributed by atoms with Crippen LogP contribution in [0.5, 0.6) is 0 Å². The Morgan fingerprint density at radius 3 is 1.96 bits per heavy atom. The van der Waals surface area contributed by atoms with Crippen molar-refractivity contribution in [3.8, 4) is 0 Å². The van der Waals surface area contributed by atoms with Gasteiger partial charge in [0.2, 0.25) is 0 Å². The molecule has 0 radical (unpaired) electrons. The van der Waals surface area contributed by atoms with Crippen LogP contribution in [0.3, 0.4) is 0 Å². The number of rotatable bonds is 8. The van der Waals surface area contributed by atoms with Crippen molar-refractivity contribution in [2.75, 3.05) is 13.2 Å². The van der Waals surface area contributed by atoms with E-state index < -0.39 is 5.97 Å². The van der Waals surface area contributed by atoms with E-state index in [0.29, 0.717) is 17.7 Å². The maximum atomic E-state index is 12.7. The lowest BCUT2D eigenvalue weighted by molar-refractivity contribution is 0.0287. The summed E-state index contributed by atoms with van der Waals surface area (Å²) in [5.74, 6) is -0.735. The predicted octanol–water partition coefficient (Wildman–Crippen LogP) is 4.29. The van der Waals surface area contributed by atoms with Crippen LogP contribution in [0, 0.1) is 0 Å². The van der Waals surface area contributed by atoms with Crippen molar-refractivity contribution >= 4 is 11.8 Å². The molecule has 4 heteroatoms. The summed E-state index contributed by atoms with van der Waals surface area (Å²) in [5.41, 5.74) is 2.18. The maximum Gasteiger partial charge on any atom is 0.338 e. The number of hydrogen-bond donors (Lipinski definition) is 0. The molecule has 0 spiro atoms. The first-order valence-electron chi connectivity index (χ1n) is 8.73. The number of carbonyl (C=O) groups excluding carboxylic acids is 2. The normalized spacial score (nSPS) is 10.4. The van der Waals surface area contributed by atoms with Crippen LogP contribution in [-0.4, -0.2) is 25.0 Å². The molecule has 0 saturated heterocycles. The van der Waals surface area contributed by atoms with Crippen molar-refractivity contribution in [1.29, 1.82) is 0 Å². The second-order valence-corrected chi connectivity index (χ2v) is 5.91. The molecular weight excluding hydrogens is 340 g/mol. The highest BCUT2D eigenvalue weighted by Crippen LogP contribution is 2.16. The second-order valence-electron chi connectivity index (χ2n) is 5.91. The zero-order valence-electron chi connectivity index (χ0n) is 14.8. The van der Waals surface area contributed by atoms with Crippen LogP contribution < -0.4 is 0 Å². The Morgan fingerprint density at radius 1 is 0.667 bits per heavy atom. The van der Waals surface area contributed by atoms with E-state index in [9.17, 15) is 9.59 Å². The highest BCUT2D eigenvalue weighted by Gasteiger charge is 2.18. The average molecular weight is 360 g/mol. The highest BCUT2D eigenvalue weighted by molar-refractivity contribution is 6.14. The first-order chi connectivity index (χ1) is 13.3. The first-order valence-corrected chi connectivity index (χ1v) is 8.73. The largest absolute Gasteiger partial charge is 0.460 e. The minimum Gasteiger partial charge on any atom is -0.460 e. The van der Waals surface area contributed by atoms with Crippen LogP contribution in [0.25, 0.3) is 0 Å². The summed E-state index contributed by atoms with van der Waals surface area (Å²) in [4.78, 5) is 25.1.